The molecule has 0 aliphatic carbocycles. The van der Waals surface area contributed by atoms with E-state index in [0.717, 1.165) is 0 Å². The maximum absolute atomic E-state index is 13.6. The van der Waals surface area contributed by atoms with Gasteiger partial charge in [-0.25, -0.2) is 26.7 Å². The minimum Gasteiger partial charge on any atom is -0.457 e. The monoisotopic (exact) mass is 394 g/mol. The van der Waals surface area contributed by atoms with Crippen LogP contribution in [-0.2, 0) is 11.3 Å². The van der Waals surface area contributed by atoms with E-state index in [2.05, 4.69) is 0 Å². The lowest BCUT2D eigenvalue weighted by molar-refractivity contribution is 0.0457. The Labute approximate surface area is 155 Å². The van der Waals surface area contributed by atoms with Gasteiger partial charge in [-0.1, -0.05) is 30.3 Å². The molecular weight excluding hydrogens is 383 g/mol. The van der Waals surface area contributed by atoms with Gasteiger partial charge in [0.15, 0.2) is 23.3 Å². The number of benzene rings is 3. The third-order valence-electron chi connectivity index (χ3n) is 3.66. The first-order valence-electron chi connectivity index (χ1n) is 7.89. The summed E-state index contributed by atoms with van der Waals surface area (Å²) in [6.07, 6.45) is 0. The van der Waals surface area contributed by atoms with E-state index in [1.165, 1.54) is 12.1 Å². The molecule has 0 aromatic heterocycles. The fraction of sp³-hybridized carbons (Fsp3) is 0.0500. The van der Waals surface area contributed by atoms with Gasteiger partial charge >= 0.3 is 5.97 Å². The summed E-state index contributed by atoms with van der Waals surface area (Å²) in [6.45, 7) is -0.468. The molecule has 3 rings (SSSR count). The van der Waals surface area contributed by atoms with Crippen LogP contribution in [0.4, 0.5) is 22.0 Å². The standard InChI is InChI=1S/C20H11F5O3/c21-15-14(16(22)18(24)19(25)17(15)23)20(26)27-10-11-5-4-8-13(9-11)28-12-6-2-1-3-7-12/h1-9H,10H2. The Kier molecular flexibility index (Phi) is 5.58. The van der Waals surface area contributed by atoms with Gasteiger partial charge in [-0.2, -0.15) is 0 Å². The van der Waals surface area contributed by atoms with Crippen LogP contribution in [0.25, 0.3) is 0 Å². The Morgan fingerprint density at radius 3 is 1.93 bits per heavy atom. The van der Waals surface area contributed by atoms with Gasteiger partial charge in [-0.3, -0.25) is 0 Å². The van der Waals surface area contributed by atoms with Crippen molar-refractivity contribution in [3.05, 3.63) is 94.8 Å². The first-order chi connectivity index (χ1) is 13.4. The zero-order valence-corrected chi connectivity index (χ0v) is 14.0. The van der Waals surface area contributed by atoms with Crippen LogP contribution in [0.3, 0.4) is 0 Å². The van der Waals surface area contributed by atoms with Gasteiger partial charge < -0.3 is 9.47 Å². The molecule has 8 heteroatoms. The molecule has 0 amide bonds. The van der Waals surface area contributed by atoms with Crippen LogP contribution in [-0.4, -0.2) is 5.97 Å². The molecule has 0 N–H and O–H groups in total. The molecule has 0 saturated heterocycles. The van der Waals surface area contributed by atoms with Crippen molar-refractivity contribution in [3.63, 3.8) is 0 Å². The highest BCUT2D eigenvalue weighted by molar-refractivity contribution is 5.90. The largest absolute Gasteiger partial charge is 0.457 e. The minimum absolute atomic E-state index is 0.380. The normalized spacial score (nSPS) is 10.6. The lowest BCUT2D eigenvalue weighted by atomic mass is 10.1. The highest BCUT2D eigenvalue weighted by Crippen LogP contribution is 2.25. The second kappa shape index (κ2) is 8.08. The van der Waals surface area contributed by atoms with E-state index in [1.54, 1.807) is 36.4 Å². The van der Waals surface area contributed by atoms with Gasteiger partial charge in [-0.15, -0.1) is 0 Å². The number of hydrogen-bond donors (Lipinski definition) is 0. The van der Waals surface area contributed by atoms with Crippen molar-refractivity contribution in [3.8, 4) is 11.5 Å². The second-order valence-electron chi connectivity index (χ2n) is 5.58. The van der Waals surface area contributed by atoms with Crippen LogP contribution in [0.15, 0.2) is 54.6 Å². The molecule has 28 heavy (non-hydrogen) atoms. The molecular formula is C20H11F5O3. The third kappa shape index (κ3) is 3.95. The molecule has 0 unspecified atom stereocenters. The fourth-order valence-electron chi connectivity index (χ4n) is 2.33. The molecule has 0 aliphatic rings. The molecule has 144 valence electrons. The van der Waals surface area contributed by atoms with Crippen molar-refractivity contribution in [2.45, 2.75) is 6.61 Å². The number of rotatable bonds is 5. The predicted octanol–water partition coefficient (Wildman–Crippen LogP) is 5.53. The van der Waals surface area contributed by atoms with E-state index in [1.807, 2.05) is 6.07 Å². The average Bonchev–Trinajstić information content (AvgIpc) is 2.70. The van der Waals surface area contributed by atoms with Gasteiger partial charge in [0.2, 0.25) is 5.82 Å². The predicted molar refractivity (Wildman–Crippen MR) is 88.3 cm³/mol. The van der Waals surface area contributed by atoms with Crippen molar-refractivity contribution in [1.82, 2.24) is 0 Å². The molecule has 3 aromatic carbocycles. The first-order valence-corrected chi connectivity index (χ1v) is 7.89. The number of esters is 1. The Bertz CT molecular complexity index is 993. The number of hydrogen-bond acceptors (Lipinski definition) is 3. The summed E-state index contributed by atoms with van der Waals surface area (Å²) in [5.74, 6) is -12.0. The zero-order chi connectivity index (χ0) is 20.3. The summed E-state index contributed by atoms with van der Waals surface area (Å²) >= 11 is 0. The molecule has 0 heterocycles. The Morgan fingerprint density at radius 2 is 1.29 bits per heavy atom. The molecule has 0 atom stereocenters. The van der Waals surface area contributed by atoms with Crippen LogP contribution < -0.4 is 4.74 Å². The Hall–Kier alpha value is -3.42. The number of para-hydroxylation sites is 1. The molecule has 0 saturated carbocycles. The van der Waals surface area contributed by atoms with Crippen molar-refractivity contribution in [1.29, 1.82) is 0 Å². The maximum Gasteiger partial charge on any atom is 0.344 e. The van der Waals surface area contributed by atoms with E-state index in [-0.39, 0.29) is 0 Å². The summed E-state index contributed by atoms with van der Waals surface area (Å²) in [7, 11) is 0. The van der Waals surface area contributed by atoms with Crippen molar-refractivity contribution < 1.29 is 36.2 Å². The number of halogens is 5. The SMILES string of the molecule is O=C(OCc1cccc(Oc2ccccc2)c1)c1c(F)c(F)c(F)c(F)c1F. The molecule has 0 aliphatic heterocycles. The van der Waals surface area contributed by atoms with Gasteiger partial charge in [0, 0.05) is 0 Å². The molecule has 0 radical (unpaired) electrons. The van der Waals surface area contributed by atoms with E-state index < -0.39 is 47.2 Å². The summed E-state index contributed by atoms with van der Waals surface area (Å²) < 4.78 is 77.0. The second-order valence-corrected chi connectivity index (χ2v) is 5.58. The summed E-state index contributed by atoms with van der Waals surface area (Å²) in [5.41, 5.74) is -1.27. The summed E-state index contributed by atoms with van der Waals surface area (Å²) in [4.78, 5) is 11.9. The van der Waals surface area contributed by atoms with E-state index in [0.29, 0.717) is 17.1 Å². The van der Waals surface area contributed by atoms with Gasteiger partial charge in [0.25, 0.3) is 0 Å². The Morgan fingerprint density at radius 1 is 0.714 bits per heavy atom. The van der Waals surface area contributed by atoms with Gasteiger partial charge in [0.1, 0.15) is 23.7 Å². The quantitative estimate of drug-likeness (QED) is 0.247. The highest BCUT2D eigenvalue weighted by Gasteiger charge is 2.30. The van der Waals surface area contributed by atoms with Crippen LogP contribution in [0, 0.1) is 29.1 Å². The van der Waals surface area contributed by atoms with Crippen LogP contribution >= 0.6 is 0 Å². The van der Waals surface area contributed by atoms with E-state index in [9.17, 15) is 26.7 Å². The van der Waals surface area contributed by atoms with Crippen LogP contribution in [0.2, 0.25) is 0 Å². The minimum atomic E-state index is -2.35. The summed E-state index contributed by atoms with van der Waals surface area (Å²) in [5, 5.41) is 0. The number of carbonyl (C=O) groups is 1. The van der Waals surface area contributed by atoms with E-state index in [4.69, 9.17) is 9.47 Å². The van der Waals surface area contributed by atoms with Crippen molar-refractivity contribution in [2.24, 2.45) is 0 Å². The molecule has 0 bridgehead atoms. The van der Waals surface area contributed by atoms with E-state index >= 15 is 0 Å². The van der Waals surface area contributed by atoms with Crippen LogP contribution in [0.5, 0.6) is 11.5 Å². The number of carbonyl (C=O) groups excluding carboxylic acids is 1. The van der Waals surface area contributed by atoms with Crippen molar-refractivity contribution in [2.75, 3.05) is 0 Å². The lowest BCUT2D eigenvalue weighted by Crippen LogP contribution is -2.15. The lowest BCUT2D eigenvalue weighted by Gasteiger charge is -2.10. The maximum atomic E-state index is 13.6. The van der Waals surface area contributed by atoms with Gasteiger partial charge in [-0.05, 0) is 29.8 Å². The Balaban J connectivity index is 1.75. The molecule has 0 spiro atoms. The summed E-state index contributed by atoms with van der Waals surface area (Å²) in [6, 6.07) is 15.0. The smallest absolute Gasteiger partial charge is 0.344 e. The van der Waals surface area contributed by atoms with Gasteiger partial charge in [0.05, 0.1) is 0 Å². The van der Waals surface area contributed by atoms with Crippen LogP contribution in [0.1, 0.15) is 15.9 Å². The highest BCUT2D eigenvalue weighted by atomic mass is 19.2. The first kappa shape index (κ1) is 19.3. The average molecular weight is 394 g/mol. The molecule has 3 nitrogen and oxygen atoms in total. The fourth-order valence-corrected chi connectivity index (χ4v) is 2.33. The molecule has 0 fully saturated rings. The van der Waals surface area contributed by atoms with Crippen molar-refractivity contribution >= 4 is 5.97 Å². The third-order valence-corrected chi connectivity index (χ3v) is 3.66. The molecule has 3 aromatic rings. The number of ether oxygens (including phenoxy) is 2. The zero-order valence-electron chi connectivity index (χ0n) is 14.0. The topological polar surface area (TPSA) is 35.5 Å².